The average Bonchev–Trinajstić information content (AvgIpc) is 2.43. The summed E-state index contributed by atoms with van der Waals surface area (Å²) in [5, 5.41) is 1.60. The smallest absolute Gasteiger partial charge is 0.0508 e. The van der Waals surface area contributed by atoms with Crippen molar-refractivity contribution in [1.82, 2.24) is 0 Å². The Labute approximate surface area is 130 Å². The Morgan fingerprint density at radius 2 is 1.50 bits per heavy atom. The highest BCUT2D eigenvalue weighted by molar-refractivity contribution is 6.31. The summed E-state index contributed by atoms with van der Waals surface area (Å²) in [6.07, 6.45) is 3.54. The van der Waals surface area contributed by atoms with Gasteiger partial charge in [-0.05, 0) is 36.6 Å². The van der Waals surface area contributed by atoms with Crippen LogP contribution >= 0.6 is 23.2 Å². The van der Waals surface area contributed by atoms with Gasteiger partial charge in [-0.2, -0.15) is 0 Å². The van der Waals surface area contributed by atoms with Crippen LogP contribution in [0.5, 0.6) is 0 Å². The first-order valence-electron chi connectivity index (χ1n) is 6.65. The summed E-state index contributed by atoms with van der Waals surface area (Å²) in [6, 6.07) is 16.0. The normalized spacial score (nSPS) is 12.8. The predicted molar refractivity (Wildman–Crippen MR) is 88.3 cm³/mol. The molecule has 2 aromatic rings. The quantitative estimate of drug-likeness (QED) is 0.670. The molecule has 0 aliphatic heterocycles. The Morgan fingerprint density at radius 1 is 0.950 bits per heavy atom. The second-order valence-corrected chi connectivity index (χ2v) is 5.59. The maximum absolute atomic E-state index is 6.15. The maximum Gasteiger partial charge on any atom is 0.0508 e. The third kappa shape index (κ3) is 4.36. The van der Waals surface area contributed by atoms with Gasteiger partial charge in [0.1, 0.15) is 0 Å². The average molecular weight is 306 g/mol. The molecule has 0 N–H and O–H groups in total. The standard InChI is InChI=1S/C17H17Cl2N/c1-13(12-15-7-3-5-9-17(15)19)20-11-10-14-6-2-4-8-16(14)18/h2-9,11,13H,10,12H2,1H3/t13-/m1/s1. The van der Waals surface area contributed by atoms with Gasteiger partial charge in [0.05, 0.1) is 6.04 Å². The first kappa shape index (κ1) is 15.1. The maximum atomic E-state index is 6.15. The molecule has 20 heavy (non-hydrogen) atoms. The summed E-state index contributed by atoms with van der Waals surface area (Å²) >= 11 is 12.3. The minimum absolute atomic E-state index is 0.206. The summed E-state index contributed by atoms with van der Waals surface area (Å²) in [4.78, 5) is 4.55. The number of hydrogen-bond donors (Lipinski definition) is 0. The Balaban J connectivity index is 1.92. The fourth-order valence-electron chi connectivity index (χ4n) is 2.03. The molecule has 0 radical (unpaired) electrons. The number of benzene rings is 2. The van der Waals surface area contributed by atoms with Crippen molar-refractivity contribution in [1.29, 1.82) is 0 Å². The highest BCUT2D eigenvalue weighted by Crippen LogP contribution is 2.18. The molecule has 0 aliphatic carbocycles. The van der Waals surface area contributed by atoms with Crippen molar-refractivity contribution in [2.75, 3.05) is 0 Å². The van der Waals surface area contributed by atoms with Crippen LogP contribution in [-0.2, 0) is 12.8 Å². The van der Waals surface area contributed by atoms with E-state index in [1.807, 2.05) is 54.7 Å². The van der Waals surface area contributed by atoms with E-state index in [9.17, 15) is 0 Å². The van der Waals surface area contributed by atoms with Crippen molar-refractivity contribution in [3.05, 3.63) is 69.7 Å². The van der Waals surface area contributed by atoms with E-state index in [0.29, 0.717) is 0 Å². The van der Waals surface area contributed by atoms with Crippen LogP contribution < -0.4 is 0 Å². The molecule has 2 aromatic carbocycles. The van der Waals surface area contributed by atoms with Gasteiger partial charge in [0, 0.05) is 22.7 Å². The summed E-state index contributed by atoms with van der Waals surface area (Å²) < 4.78 is 0. The van der Waals surface area contributed by atoms with Crippen LogP contribution in [0.15, 0.2) is 53.5 Å². The lowest BCUT2D eigenvalue weighted by atomic mass is 10.1. The molecule has 0 bridgehead atoms. The highest BCUT2D eigenvalue weighted by atomic mass is 35.5. The Bertz CT molecular complexity index is 593. The zero-order valence-corrected chi connectivity index (χ0v) is 12.9. The molecule has 104 valence electrons. The highest BCUT2D eigenvalue weighted by Gasteiger charge is 2.04. The lowest BCUT2D eigenvalue weighted by Crippen LogP contribution is -2.04. The Kier molecular flexibility index (Phi) is 5.63. The second-order valence-electron chi connectivity index (χ2n) is 4.77. The van der Waals surface area contributed by atoms with Crippen molar-refractivity contribution in [2.24, 2.45) is 4.99 Å². The first-order chi connectivity index (χ1) is 9.66. The van der Waals surface area contributed by atoms with Crippen molar-refractivity contribution < 1.29 is 0 Å². The molecule has 2 rings (SSSR count). The molecule has 0 fully saturated rings. The number of aliphatic imine (C=N–C) groups is 1. The van der Waals surface area contributed by atoms with E-state index in [2.05, 4.69) is 11.9 Å². The molecular weight excluding hydrogens is 289 g/mol. The van der Waals surface area contributed by atoms with Gasteiger partial charge in [-0.15, -0.1) is 0 Å². The van der Waals surface area contributed by atoms with Crippen molar-refractivity contribution in [2.45, 2.75) is 25.8 Å². The molecule has 1 atom stereocenters. The second kappa shape index (κ2) is 7.47. The van der Waals surface area contributed by atoms with Gasteiger partial charge in [0.25, 0.3) is 0 Å². The first-order valence-corrected chi connectivity index (χ1v) is 7.41. The number of nitrogens with zero attached hydrogens (tertiary/aromatic N) is 1. The molecule has 0 saturated carbocycles. The van der Waals surface area contributed by atoms with Crippen LogP contribution in [0, 0.1) is 0 Å². The van der Waals surface area contributed by atoms with Crippen molar-refractivity contribution in [3.8, 4) is 0 Å². The molecule has 1 nitrogen and oxygen atoms in total. The van der Waals surface area contributed by atoms with Crippen LogP contribution in [0.25, 0.3) is 0 Å². The van der Waals surface area contributed by atoms with E-state index in [0.717, 1.165) is 34.0 Å². The molecule has 0 amide bonds. The van der Waals surface area contributed by atoms with Gasteiger partial charge in [0.15, 0.2) is 0 Å². The molecule has 0 aliphatic rings. The van der Waals surface area contributed by atoms with Gasteiger partial charge in [-0.1, -0.05) is 59.6 Å². The van der Waals surface area contributed by atoms with Crippen LogP contribution in [0.4, 0.5) is 0 Å². The van der Waals surface area contributed by atoms with Crippen LogP contribution in [0.2, 0.25) is 10.0 Å². The molecule has 3 heteroatoms. The zero-order chi connectivity index (χ0) is 14.4. The molecule has 0 unspecified atom stereocenters. The van der Waals surface area contributed by atoms with E-state index in [1.54, 1.807) is 0 Å². The van der Waals surface area contributed by atoms with E-state index in [1.165, 1.54) is 0 Å². The lowest BCUT2D eigenvalue weighted by Gasteiger charge is -2.08. The fourth-order valence-corrected chi connectivity index (χ4v) is 2.46. The van der Waals surface area contributed by atoms with E-state index < -0.39 is 0 Å². The van der Waals surface area contributed by atoms with Crippen LogP contribution in [0.1, 0.15) is 18.1 Å². The third-order valence-corrected chi connectivity index (χ3v) is 3.84. The molecule has 0 aromatic heterocycles. The number of rotatable bonds is 5. The fraction of sp³-hybridized carbons (Fsp3) is 0.235. The van der Waals surface area contributed by atoms with Crippen LogP contribution in [0.3, 0.4) is 0 Å². The molecular formula is C17H17Cl2N. The van der Waals surface area contributed by atoms with Gasteiger partial charge in [-0.25, -0.2) is 0 Å². The van der Waals surface area contributed by atoms with Gasteiger partial charge in [-0.3, -0.25) is 4.99 Å². The minimum atomic E-state index is 0.206. The summed E-state index contributed by atoms with van der Waals surface area (Å²) in [5.74, 6) is 0. The lowest BCUT2D eigenvalue weighted by molar-refractivity contribution is 0.742. The van der Waals surface area contributed by atoms with Crippen LogP contribution in [-0.4, -0.2) is 12.3 Å². The Hall–Kier alpha value is -1.31. The van der Waals surface area contributed by atoms with Gasteiger partial charge >= 0.3 is 0 Å². The SMILES string of the molecule is C[C@H](Cc1ccccc1Cl)N=CCc1ccccc1Cl. The van der Waals surface area contributed by atoms with E-state index in [-0.39, 0.29) is 6.04 Å². The van der Waals surface area contributed by atoms with E-state index in [4.69, 9.17) is 23.2 Å². The summed E-state index contributed by atoms with van der Waals surface area (Å²) in [7, 11) is 0. The number of hydrogen-bond acceptors (Lipinski definition) is 1. The summed E-state index contributed by atoms with van der Waals surface area (Å²) in [6.45, 7) is 2.09. The van der Waals surface area contributed by atoms with Gasteiger partial charge in [0.2, 0.25) is 0 Å². The van der Waals surface area contributed by atoms with Crippen molar-refractivity contribution in [3.63, 3.8) is 0 Å². The topological polar surface area (TPSA) is 12.4 Å². The molecule has 0 spiro atoms. The van der Waals surface area contributed by atoms with Gasteiger partial charge < -0.3 is 0 Å². The number of halogens is 2. The third-order valence-electron chi connectivity index (χ3n) is 3.10. The monoisotopic (exact) mass is 305 g/mol. The van der Waals surface area contributed by atoms with E-state index >= 15 is 0 Å². The minimum Gasteiger partial charge on any atom is -0.294 e. The molecule has 0 heterocycles. The predicted octanol–water partition coefficient (Wildman–Crippen LogP) is 5.24. The molecule has 0 saturated heterocycles. The van der Waals surface area contributed by atoms with Crippen molar-refractivity contribution >= 4 is 29.4 Å². The summed E-state index contributed by atoms with van der Waals surface area (Å²) in [5.41, 5.74) is 2.24. The Morgan fingerprint density at radius 3 is 2.10 bits per heavy atom. The largest absolute Gasteiger partial charge is 0.294 e. The zero-order valence-electron chi connectivity index (χ0n) is 11.4.